The number of benzene rings is 1. The Morgan fingerprint density at radius 2 is 1.68 bits per heavy atom. The molecule has 1 amide bonds. The van der Waals surface area contributed by atoms with Crippen LogP contribution >= 0.6 is 0 Å². The van der Waals surface area contributed by atoms with Crippen LogP contribution in [-0.4, -0.2) is 70.1 Å². The van der Waals surface area contributed by atoms with Crippen molar-refractivity contribution in [3.05, 3.63) is 53.9 Å². The van der Waals surface area contributed by atoms with Crippen LogP contribution in [0.1, 0.15) is 69.4 Å². The first kappa shape index (κ1) is 27.8. The fraction of sp³-hybridized carbons (Fsp3) is 0.516. The van der Waals surface area contributed by atoms with Crippen LogP contribution in [0.4, 0.5) is 0 Å². The summed E-state index contributed by atoms with van der Waals surface area (Å²) in [6.45, 7) is 13.5. The van der Waals surface area contributed by atoms with Crippen LogP contribution in [0.15, 0.2) is 42.6 Å². The van der Waals surface area contributed by atoms with Crippen molar-refractivity contribution in [3.63, 3.8) is 0 Å². The van der Waals surface area contributed by atoms with E-state index in [1.807, 2.05) is 35.4 Å². The molecule has 1 saturated heterocycles. The Morgan fingerprint density at radius 3 is 2.29 bits per heavy atom. The van der Waals surface area contributed by atoms with E-state index in [4.69, 9.17) is 14.8 Å². The van der Waals surface area contributed by atoms with E-state index in [1.165, 1.54) is 12.8 Å². The first-order valence-corrected chi connectivity index (χ1v) is 14.1. The molecule has 204 valence electrons. The van der Waals surface area contributed by atoms with Gasteiger partial charge in [0.2, 0.25) is 0 Å². The Bertz CT molecular complexity index is 1210. The second-order valence-corrected chi connectivity index (χ2v) is 11.1. The molecule has 7 nitrogen and oxygen atoms in total. The Hall–Kier alpha value is -3.19. The van der Waals surface area contributed by atoms with Gasteiger partial charge in [0.25, 0.3) is 5.91 Å². The molecular formula is C31H43N5O2. The lowest BCUT2D eigenvalue weighted by atomic mass is 10.1. The average Bonchev–Trinajstić information content (AvgIpc) is 3.56. The minimum Gasteiger partial charge on any atom is -0.497 e. The van der Waals surface area contributed by atoms with Crippen LogP contribution in [0.5, 0.6) is 5.75 Å². The quantitative estimate of drug-likeness (QED) is 0.293. The van der Waals surface area contributed by atoms with Crippen molar-refractivity contribution >= 4 is 17.6 Å². The molecule has 0 saturated carbocycles. The molecule has 1 aliphatic heterocycles. The van der Waals surface area contributed by atoms with Gasteiger partial charge in [-0.1, -0.05) is 39.8 Å². The largest absolute Gasteiger partial charge is 0.497 e. The number of hydrogen-bond donors (Lipinski definition) is 0. The molecule has 3 heterocycles. The Kier molecular flexibility index (Phi) is 9.56. The van der Waals surface area contributed by atoms with Gasteiger partial charge in [-0.25, -0.2) is 9.50 Å². The molecule has 1 aromatic carbocycles. The number of hydrogen-bond acceptors (Lipinski definition) is 5. The average molecular weight is 518 g/mol. The molecule has 7 heteroatoms. The van der Waals surface area contributed by atoms with E-state index >= 15 is 0 Å². The van der Waals surface area contributed by atoms with E-state index in [2.05, 4.69) is 44.7 Å². The van der Waals surface area contributed by atoms with Crippen LogP contribution in [0.3, 0.4) is 0 Å². The minimum absolute atomic E-state index is 0.00649. The zero-order valence-corrected chi connectivity index (χ0v) is 23.7. The first-order chi connectivity index (χ1) is 18.4. The number of aromatic nitrogens is 3. The van der Waals surface area contributed by atoms with E-state index < -0.39 is 0 Å². The number of likely N-dealkylation sites (tertiary alicyclic amines) is 1. The summed E-state index contributed by atoms with van der Waals surface area (Å²) >= 11 is 0. The predicted molar refractivity (Wildman–Crippen MR) is 154 cm³/mol. The van der Waals surface area contributed by atoms with E-state index in [0.717, 1.165) is 68.1 Å². The highest BCUT2D eigenvalue weighted by Gasteiger charge is 2.21. The highest BCUT2D eigenvalue weighted by atomic mass is 16.5. The van der Waals surface area contributed by atoms with Gasteiger partial charge in [-0.05, 0) is 80.9 Å². The van der Waals surface area contributed by atoms with Gasteiger partial charge in [0.15, 0.2) is 5.65 Å². The van der Waals surface area contributed by atoms with Crippen molar-refractivity contribution in [2.45, 2.75) is 53.4 Å². The molecule has 0 radical (unpaired) electrons. The fourth-order valence-corrected chi connectivity index (χ4v) is 4.77. The van der Waals surface area contributed by atoms with Gasteiger partial charge in [0.05, 0.1) is 7.11 Å². The van der Waals surface area contributed by atoms with Crippen molar-refractivity contribution in [1.29, 1.82) is 0 Å². The Labute approximate surface area is 227 Å². The lowest BCUT2D eigenvalue weighted by molar-refractivity contribution is 0.0735. The van der Waals surface area contributed by atoms with Gasteiger partial charge >= 0.3 is 0 Å². The maximum atomic E-state index is 13.7. The molecule has 0 spiro atoms. The van der Waals surface area contributed by atoms with Gasteiger partial charge in [0.1, 0.15) is 17.1 Å². The monoisotopic (exact) mass is 517 g/mol. The summed E-state index contributed by atoms with van der Waals surface area (Å²) in [4.78, 5) is 23.0. The summed E-state index contributed by atoms with van der Waals surface area (Å²) < 4.78 is 7.14. The third kappa shape index (κ3) is 7.01. The molecule has 0 bridgehead atoms. The van der Waals surface area contributed by atoms with Crippen LogP contribution in [0, 0.1) is 11.8 Å². The summed E-state index contributed by atoms with van der Waals surface area (Å²) in [5, 5.41) is 4.88. The fourth-order valence-electron chi connectivity index (χ4n) is 4.77. The predicted octanol–water partition coefficient (Wildman–Crippen LogP) is 6.05. The smallest absolute Gasteiger partial charge is 0.272 e. The number of carbonyl (C=O) groups is 1. The van der Waals surface area contributed by atoms with Gasteiger partial charge in [0, 0.05) is 37.0 Å². The lowest BCUT2D eigenvalue weighted by Gasteiger charge is -2.24. The topological polar surface area (TPSA) is 63.0 Å². The van der Waals surface area contributed by atoms with E-state index in [9.17, 15) is 4.79 Å². The van der Waals surface area contributed by atoms with Crippen molar-refractivity contribution in [3.8, 4) is 17.0 Å². The highest BCUT2D eigenvalue weighted by Crippen LogP contribution is 2.28. The lowest BCUT2D eigenvalue weighted by Crippen LogP contribution is -2.34. The molecular weight excluding hydrogens is 474 g/mol. The summed E-state index contributed by atoms with van der Waals surface area (Å²) in [6, 6.07) is 9.73. The van der Waals surface area contributed by atoms with Crippen LogP contribution < -0.4 is 4.74 Å². The second-order valence-electron chi connectivity index (χ2n) is 11.1. The summed E-state index contributed by atoms with van der Waals surface area (Å²) in [6.07, 6.45) is 10.7. The van der Waals surface area contributed by atoms with Gasteiger partial charge in [-0.15, -0.1) is 0 Å². The van der Waals surface area contributed by atoms with Crippen LogP contribution in [-0.2, 0) is 0 Å². The molecule has 1 fully saturated rings. The van der Waals surface area contributed by atoms with Crippen molar-refractivity contribution in [1.82, 2.24) is 24.4 Å². The molecule has 0 unspecified atom stereocenters. The zero-order chi connectivity index (χ0) is 27.1. The molecule has 38 heavy (non-hydrogen) atoms. The molecule has 0 aliphatic carbocycles. The Morgan fingerprint density at radius 1 is 1.03 bits per heavy atom. The second kappa shape index (κ2) is 13.1. The maximum absolute atomic E-state index is 13.7. The van der Waals surface area contributed by atoms with Gasteiger partial charge in [-0.2, -0.15) is 5.10 Å². The van der Waals surface area contributed by atoms with Crippen molar-refractivity contribution in [2.75, 3.05) is 39.8 Å². The molecule has 4 rings (SSSR count). The van der Waals surface area contributed by atoms with Crippen molar-refractivity contribution < 1.29 is 9.53 Å². The summed E-state index contributed by atoms with van der Waals surface area (Å²) in [7, 11) is 1.67. The number of methoxy groups -OCH3 is 1. The normalized spacial score (nSPS) is 14.4. The zero-order valence-electron chi connectivity index (χ0n) is 23.7. The maximum Gasteiger partial charge on any atom is 0.272 e. The SMILES string of the molecule is COc1ccc(-c2nn3ccc(C(=O)N(CCC(C)C)CCC(C)C)nc3c2/C=C/CN2CCCC2)cc1. The Balaban J connectivity index is 1.70. The van der Waals surface area contributed by atoms with Gasteiger partial charge in [-0.3, -0.25) is 9.69 Å². The van der Waals surface area contributed by atoms with Crippen LogP contribution in [0.2, 0.25) is 0 Å². The van der Waals surface area contributed by atoms with E-state index in [0.29, 0.717) is 23.2 Å². The molecule has 3 aromatic rings. The third-order valence-electron chi connectivity index (χ3n) is 7.19. The number of carbonyl (C=O) groups excluding carboxylic acids is 1. The number of rotatable bonds is 12. The number of ether oxygens (including phenoxy) is 1. The van der Waals surface area contributed by atoms with E-state index in [1.54, 1.807) is 17.7 Å². The molecule has 2 aromatic heterocycles. The van der Waals surface area contributed by atoms with Crippen LogP contribution in [0.25, 0.3) is 23.0 Å². The molecule has 0 N–H and O–H groups in total. The van der Waals surface area contributed by atoms with Gasteiger partial charge < -0.3 is 9.64 Å². The first-order valence-electron chi connectivity index (χ1n) is 14.1. The molecule has 1 aliphatic rings. The minimum atomic E-state index is -0.00649. The van der Waals surface area contributed by atoms with Crippen molar-refractivity contribution in [2.24, 2.45) is 11.8 Å². The summed E-state index contributed by atoms with van der Waals surface area (Å²) in [5.41, 5.74) is 3.94. The summed E-state index contributed by atoms with van der Waals surface area (Å²) in [5.74, 6) is 1.87. The third-order valence-corrected chi connectivity index (χ3v) is 7.19. The van der Waals surface area contributed by atoms with E-state index in [-0.39, 0.29) is 5.91 Å². The number of nitrogens with zero attached hydrogens (tertiary/aromatic N) is 5. The number of fused-ring (bicyclic) bond motifs is 1. The highest BCUT2D eigenvalue weighted by molar-refractivity contribution is 5.93. The standard InChI is InChI=1S/C31H43N5O2/c1-23(2)14-20-35(21-15-24(3)4)31(37)28-16-22-36-30(32-28)27(9-8-19-34-17-6-7-18-34)29(33-36)25-10-12-26(38-5)13-11-25/h8-13,16,22-24H,6-7,14-15,17-21H2,1-5H3/b9-8+. The molecule has 0 atom stereocenters. The number of amides is 1.